The summed E-state index contributed by atoms with van der Waals surface area (Å²) in [5, 5.41) is 11.7. The molecule has 1 atom stereocenters. The Morgan fingerprint density at radius 1 is 1.35 bits per heavy atom. The van der Waals surface area contributed by atoms with Gasteiger partial charge in [0.25, 0.3) is 0 Å². The highest BCUT2D eigenvalue weighted by molar-refractivity contribution is 8.00. The van der Waals surface area contributed by atoms with Crippen molar-refractivity contribution in [2.45, 2.75) is 75.6 Å². The molecule has 1 heterocycles. The molecular formula is C16H29N5OS. The quantitative estimate of drug-likeness (QED) is 0.636. The van der Waals surface area contributed by atoms with Gasteiger partial charge in [0.2, 0.25) is 11.1 Å². The Labute approximate surface area is 143 Å². The van der Waals surface area contributed by atoms with Crippen LogP contribution in [0.3, 0.4) is 0 Å². The summed E-state index contributed by atoms with van der Waals surface area (Å²) in [5.74, 6) is 7.46. The zero-order valence-corrected chi connectivity index (χ0v) is 15.4. The van der Waals surface area contributed by atoms with Gasteiger partial charge < -0.3 is 11.2 Å². The molecule has 0 bridgehead atoms. The fourth-order valence-electron chi connectivity index (χ4n) is 2.86. The lowest BCUT2D eigenvalue weighted by Crippen LogP contribution is -2.35. The van der Waals surface area contributed by atoms with Crippen LogP contribution < -0.4 is 11.2 Å². The summed E-state index contributed by atoms with van der Waals surface area (Å²) in [4.78, 5) is 12.3. The van der Waals surface area contributed by atoms with Crippen molar-refractivity contribution in [2.24, 2.45) is 5.92 Å². The van der Waals surface area contributed by atoms with E-state index >= 15 is 0 Å². The molecule has 1 aliphatic carbocycles. The van der Waals surface area contributed by atoms with E-state index in [4.69, 9.17) is 5.84 Å². The molecule has 1 unspecified atom stereocenters. The molecule has 2 rings (SSSR count). The average Bonchev–Trinajstić information content (AvgIpc) is 2.87. The summed E-state index contributed by atoms with van der Waals surface area (Å²) < 4.78 is 1.50. The third-order valence-corrected chi connectivity index (χ3v) is 5.33. The van der Waals surface area contributed by atoms with Gasteiger partial charge in [-0.2, -0.15) is 0 Å². The molecule has 0 aromatic carbocycles. The van der Waals surface area contributed by atoms with Crippen molar-refractivity contribution in [1.29, 1.82) is 0 Å². The van der Waals surface area contributed by atoms with Crippen molar-refractivity contribution in [3.05, 3.63) is 5.82 Å². The number of nitrogens with zero attached hydrogens (tertiary/aromatic N) is 3. The monoisotopic (exact) mass is 339 g/mol. The van der Waals surface area contributed by atoms with Gasteiger partial charge in [-0.15, -0.1) is 10.2 Å². The Balaban J connectivity index is 1.87. The van der Waals surface area contributed by atoms with E-state index in [0.717, 1.165) is 12.4 Å². The van der Waals surface area contributed by atoms with E-state index in [1.54, 1.807) is 0 Å². The number of hydrogen-bond donors (Lipinski definition) is 2. The first-order valence-electron chi connectivity index (χ1n) is 8.44. The minimum atomic E-state index is -0.238. The first-order valence-corrected chi connectivity index (χ1v) is 9.32. The number of nitrogen functional groups attached to an aromatic ring is 1. The van der Waals surface area contributed by atoms with Crippen LogP contribution in [-0.2, 0) is 10.2 Å². The predicted octanol–water partition coefficient (Wildman–Crippen LogP) is 2.47. The number of carbonyl (C=O) groups is 1. The molecule has 23 heavy (non-hydrogen) atoms. The highest BCUT2D eigenvalue weighted by atomic mass is 32.2. The maximum absolute atomic E-state index is 12.3. The van der Waals surface area contributed by atoms with Crippen molar-refractivity contribution in [2.75, 3.05) is 12.4 Å². The second-order valence-corrected chi connectivity index (χ2v) is 8.74. The van der Waals surface area contributed by atoms with Gasteiger partial charge in [0.15, 0.2) is 5.82 Å². The molecule has 1 aliphatic rings. The molecule has 7 heteroatoms. The van der Waals surface area contributed by atoms with Crippen molar-refractivity contribution in [3.8, 4) is 0 Å². The molecule has 0 spiro atoms. The Morgan fingerprint density at radius 2 is 2.00 bits per heavy atom. The third-order valence-electron chi connectivity index (χ3n) is 4.28. The maximum atomic E-state index is 12.3. The lowest BCUT2D eigenvalue weighted by molar-refractivity contribution is -0.120. The van der Waals surface area contributed by atoms with Gasteiger partial charge in [0.05, 0.1) is 5.25 Å². The van der Waals surface area contributed by atoms with Crippen LogP contribution in [0.4, 0.5) is 0 Å². The van der Waals surface area contributed by atoms with Crippen LogP contribution in [0.5, 0.6) is 0 Å². The van der Waals surface area contributed by atoms with Crippen LogP contribution in [0.25, 0.3) is 0 Å². The lowest BCUT2D eigenvalue weighted by atomic mass is 9.89. The highest BCUT2D eigenvalue weighted by Crippen LogP contribution is 2.26. The number of carbonyl (C=O) groups excluding carboxylic acids is 1. The normalized spacial score (nSPS) is 17.9. The summed E-state index contributed by atoms with van der Waals surface area (Å²) >= 11 is 1.35. The third kappa shape index (κ3) is 4.86. The van der Waals surface area contributed by atoms with Gasteiger partial charge in [0, 0.05) is 12.0 Å². The largest absolute Gasteiger partial charge is 0.355 e. The molecule has 0 radical (unpaired) electrons. The summed E-state index contributed by atoms with van der Waals surface area (Å²) in [6.45, 7) is 8.78. The Bertz CT molecular complexity index is 531. The van der Waals surface area contributed by atoms with E-state index in [-0.39, 0.29) is 16.6 Å². The number of rotatable bonds is 5. The van der Waals surface area contributed by atoms with Crippen molar-refractivity contribution in [3.63, 3.8) is 0 Å². The van der Waals surface area contributed by atoms with Crippen LogP contribution in [0.2, 0.25) is 0 Å². The summed E-state index contributed by atoms with van der Waals surface area (Å²) in [7, 11) is 0. The van der Waals surface area contributed by atoms with E-state index in [1.165, 1.54) is 48.5 Å². The Hall–Kier alpha value is -1.24. The van der Waals surface area contributed by atoms with Crippen LogP contribution in [0.15, 0.2) is 5.16 Å². The fraction of sp³-hybridized carbons (Fsp3) is 0.812. The summed E-state index contributed by atoms with van der Waals surface area (Å²) in [6, 6.07) is 0. The van der Waals surface area contributed by atoms with E-state index in [9.17, 15) is 4.79 Å². The van der Waals surface area contributed by atoms with Crippen molar-refractivity contribution in [1.82, 2.24) is 20.2 Å². The zero-order chi connectivity index (χ0) is 17.0. The minimum Gasteiger partial charge on any atom is -0.355 e. The molecular weight excluding hydrogens is 310 g/mol. The number of nitrogens with two attached hydrogens (primary N) is 1. The van der Waals surface area contributed by atoms with Crippen LogP contribution >= 0.6 is 11.8 Å². The van der Waals surface area contributed by atoms with Gasteiger partial charge >= 0.3 is 0 Å². The maximum Gasteiger partial charge on any atom is 0.233 e. The molecule has 1 aromatic rings. The van der Waals surface area contributed by atoms with Gasteiger partial charge in [-0.3, -0.25) is 4.79 Å². The van der Waals surface area contributed by atoms with Gasteiger partial charge in [-0.1, -0.05) is 51.8 Å². The molecule has 6 nitrogen and oxygen atoms in total. The van der Waals surface area contributed by atoms with Gasteiger partial charge in [-0.25, -0.2) is 4.68 Å². The topological polar surface area (TPSA) is 85.8 Å². The van der Waals surface area contributed by atoms with Crippen LogP contribution in [0.1, 0.15) is 65.6 Å². The molecule has 1 fully saturated rings. The average molecular weight is 340 g/mol. The number of amides is 1. The van der Waals surface area contributed by atoms with E-state index in [2.05, 4.69) is 15.5 Å². The Morgan fingerprint density at radius 3 is 2.57 bits per heavy atom. The molecule has 0 aliphatic heterocycles. The number of aromatic nitrogens is 3. The molecule has 1 saturated carbocycles. The molecule has 3 N–H and O–H groups in total. The SMILES string of the molecule is CC(Sc1nnc(C(C)(C)C)n1N)C(=O)NCC1CCCCC1. The zero-order valence-electron chi connectivity index (χ0n) is 14.6. The van der Waals surface area contributed by atoms with Crippen molar-refractivity contribution < 1.29 is 4.79 Å². The number of thioether (sulfide) groups is 1. The van der Waals surface area contributed by atoms with Crippen LogP contribution in [0, 0.1) is 5.92 Å². The van der Waals surface area contributed by atoms with E-state index in [1.807, 2.05) is 27.7 Å². The molecule has 1 amide bonds. The summed E-state index contributed by atoms with van der Waals surface area (Å²) in [6.07, 6.45) is 6.37. The minimum absolute atomic E-state index is 0.0425. The smallest absolute Gasteiger partial charge is 0.233 e. The molecule has 0 saturated heterocycles. The lowest BCUT2D eigenvalue weighted by Gasteiger charge is -2.22. The highest BCUT2D eigenvalue weighted by Gasteiger charge is 2.25. The van der Waals surface area contributed by atoms with Gasteiger partial charge in [-0.05, 0) is 25.7 Å². The molecule has 1 aromatic heterocycles. The summed E-state index contributed by atoms with van der Waals surface area (Å²) in [5.41, 5.74) is -0.174. The number of hydrogen-bond acceptors (Lipinski definition) is 5. The fourth-order valence-corrected chi connectivity index (χ4v) is 3.65. The molecule has 130 valence electrons. The van der Waals surface area contributed by atoms with E-state index < -0.39 is 0 Å². The first-order chi connectivity index (χ1) is 10.8. The Kier molecular flexibility index (Phi) is 5.95. The van der Waals surface area contributed by atoms with Gasteiger partial charge in [0.1, 0.15) is 0 Å². The second kappa shape index (κ2) is 7.55. The van der Waals surface area contributed by atoms with E-state index in [0.29, 0.717) is 11.1 Å². The van der Waals surface area contributed by atoms with Crippen molar-refractivity contribution >= 4 is 17.7 Å². The first kappa shape index (κ1) is 18.1. The predicted molar refractivity (Wildman–Crippen MR) is 93.8 cm³/mol. The second-order valence-electron chi connectivity index (χ2n) is 7.44. The standard InChI is InChI=1S/C16H29N5OS/c1-11(13(22)18-10-12-8-6-5-7-9-12)23-15-20-19-14(21(15)17)16(2,3)4/h11-12H,5-10,17H2,1-4H3,(H,18,22). The number of nitrogens with one attached hydrogen (secondary N) is 1. The van der Waals surface area contributed by atoms with Crippen LogP contribution in [-0.4, -0.2) is 32.6 Å².